The highest BCUT2D eigenvalue weighted by Gasteiger charge is 2.02. The normalized spacial score (nSPS) is 12.4. The highest BCUT2D eigenvalue weighted by molar-refractivity contribution is 5.85. The Morgan fingerprint density at radius 3 is 2.87 bits per heavy atom. The van der Waals surface area contributed by atoms with Crippen molar-refractivity contribution in [1.82, 2.24) is 5.32 Å². The van der Waals surface area contributed by atoms with E-state index < -0.39 is 0 Å². The van der Waals surface area contributed by atoms with Gasteiger partial charge in [0.25, 0.3) is 0 Å². The molecule has 0 fully saturated rings. The van der Waals surface area contributed by atoms with E-state index in [9.17, 15) is 0 Å². The van der Waals surface area contributed by atoms with Gasteiger partial charge in [-0.25, -0.2) is 0 Å². The molecule has 1 atom stereocenters. The van der Waals surface area contributed by atoms with Crippen LogP contribution in [-0.4, -0.2) is 13.1 Å². The van der Waals surface area contributed by atoms with Gasteiger partial charge in [-0.3, -0.25) is 0 Å². The van der Waals surface area contributed by atoms with Crippen molar-refractivity contribution in [3.8, 4) is 0 Å². The summed E-state index contributed by atoms with van der Waals surface area (Å²) in [6.07, 6.45) is 2.77. The Labute approximate surface area is 96.1 Å². The van der Waals surface area contributed by atoms with Crippen LogP contribution < -0.4 is 5.32 Å². The van der Waals surface area contributed by atoms with E-state index >= 15 is 0 Å². The van der Waals surface area contributed by atoms with Crippen LogP contribution in [0.4, 0.5) is 0 Å². The number of halogens is 1. The van der Waals surface area contributed by atoms with Gasteiger partial charge in [0.1, 0.15) is 5.58 Å². The molecular weight excluding hydrogens is 210 g/mol. The Bertz CT molecular complexity index is 424. The van der Waals surface area contributed by atoms with Gasteiger partial charge in [-0.05, 0) is 38.1 Å². The maximum atomic E-state index is 5.35. The summed E-state index contributed by atoms with van der Waals surface area (Å²) in [5.41, 5.74) is 2.29. The summed E-state index contributed by atoms with van der Waals surface area (Å²) in [5, 5.41) is 4.40. The summed E-state index contributed by atoms with van der Waals surface area (Å²) in [5.74, 6) is 0. The van der Waals surface area contributed by atoms with E-state index in [0.717, 1.165) is 12.0 Å². The molecule has 0 bridgehead atoms. The molecule has 0 aliphatic carbocycles. The third kappa shape index (κ3) is 2.74. The van der Waals surface area contributed by atoms with E-state index in [1.54, 1.807) is 6.26 Å². The summed E-state index contributed by atoms with van der Waals surface area (Å²) < 4.78 is 5.35. The molecule has 3 heteroatoms. The minimum Gasteiger partial charge on any atom is -0.464 e. The van der Waals surface area contributed by atoms with Gasteiger partial charge in [-0.2, -0.15) is 0 Å². The van der Waals surface area contributed by atoms with Crippen molar-refractivity contribution in [1.29, 1.82) is 0 Å². The van der Waals surface area contributed by atoms with E-state index in [4.69, 9.17) is 4.42 Å². The number of fused-ring (bicyclic) bond motifs is 1. The Morgan fingerprint density at radius 2 is 2.13 bits per heavy atom. The zero-order valence-corrected chi connectivity index (χ0v) is 9.80. The topological polar surface area (TPSA) is 25.2 Å². The molecule has 15 heavy (non-hydrogen) atoms. The molecule has 0 spiro atoms. The monoisotopic (exact) mass is 225 g/mol. The molecule has 0 saturated heterocycles. The first-order chi connectivity index (χ1) is 6.79. The Balaban J connectivity index is 0.00000112. The summed E-state index contributed by atoms with van der Waals surface area (Å²) in [6, 6.07) is 8.87. The third-order valence-electron chi connectivity index (χ3n) is 2.56. The highest BCUT2D eigenvalue weighted by Crippen LogP contribution is 2.17. The second kappa shape index (κ2) is 5.19. The maximum absolute atomic E-state index is 5.35. The number of furan rings is 1. The molecule has 2 nitrogen and oxygen atoms in total. The molecule has 0 unspecified atom stereocenters. The van der Waals surface area contributed by atoms with E-state index in [-0.39, 0.29) is 12.4 Å². The van der Waals surface area contributed by atoms with Crippen molar-refractivity contribution in [2.45, 2.75) is 19.4 Å². The smallest absolute Gasteiger partial charge is 0.134 e. The molecule has 1 N–H and O–H groups in total. The van der Waals surface area contributed by atoms with Crippen LogP contribution in [0.2, 0.25) is 0 Å². The minimum absolute atomic E-state index is 0. The van der Waals surface area contributed by atoms with Gasteiger partial charge in [-0.15, -0.1) is 12.4 Å². The molecule has 1 aromatic carbocycles. The van der Waals surface area contributed by atoms with Crippen molar-refractivity contribution in [3.05, 3.63) is 36.1 Å². The molecule has 82 valence electrons. The zero-order chi connectivity index (χ0) is 9.97. The summed E-state index contributed by atoms with van der Waals surface area (Å²) >= 11 is 0. The van der Waals surface area contributed by atoms with Gasteiger partial charge in [0, 0.05) is 11.4 Å². The van der Waals surface area contributed by atoms with Crippen LogP contribution in [0.3, 0.4) is 0 Å². The predicted molar refractivity (Wildman–Crippen MR) is 65.7 cm³/mol. The molecule has 0 saturated carbocycles. The molecule has 0 radical (unpaired) electrons. The average Bonchev–Trinajstić information content (AvgIpc) is 2.64. The number of hydrogen-bond acceptors (Lipinski definition) is 2. The third-order valence-corrected chi connectivity index (χ3v) is 2.56. The van der Waals surface area contributed by atoms with Crippen molar-refractivity contribution in [2.75, 3.05) is 7.05 Å². The number of rotatable bonds is 3. The highest BCUT2D eigenvalue weighted by atomic mass is 35.5. The van der Waals surface area contributed by atoms with Crippen LogP contribution in [-0.2, 0) is 6.42 Å². The van der Waals surface area contributed by atoms with Crippen LogP contribution in [0.5, 0.6) is 0 Å². The van der Waals surface area contributed by atoms with Crippen molar-refractivity contribution < 1.29 is 4.42 Å². The number of nitrogens with one attached hydrogen (secondary N) is 1. The zero-order valence-electron chi connectivity index (χ0n) is 8.99. The van der Waals surface area contributed by atoms with Crippen molar-refractivity contribution >= 4 is 23.4 Å². The average molecular weight is 226 g/mol. The fourth-order valence-corrected chi connectivity index (χ4v) is 1.58. The van der Waals surface area contributed by atoms with Crippen molar-refractivity contribution in [2.24, 2.45) is 0 Å². The quantitative estimate of drug-likeness (QED) is 0.869. The summed E-state index contributed by atoms with van der Waals surface area (Å²) in [7, 11) is 1.98. The van der Waals surface area contributed by atoms with Crippen LogP contribution >= 0.6 is 12.4 Å². The van der Waals surface area contributed by atoms with E-state index in [2.05, 4.69) is 30.4 Å². The SMILES string of the molecule is CN[C@H](C)Cc1ccc2ccoc2c1.Cl. The first kappa shape index (κ1) is 12.1. The lowest BCUT2D eigenvalue weighted by molar-refractivity contribution is 0.602. The van der Waals surface area contributed by atoms with Gasteiger partial charge < -0.3 is 9.73 Å². The molecule has 1 aromatic heterocycles. The molecule has 2 rings (SSSR count). The second-order valence-corrected chi connectivity index (χ2v) is 3.69. The molecule has 0 aliphatic rings. The molecule has 0 amide bonds. The van der Waals surface area contributed by atoms with Gasteiger partial charge in [0.15, 0.2) is 0 Å². The van der Waals surface area contributed by atoms with Crippen LogP contribution in [0, 0.1) is 0 Å². The number of benzene rings is 1. The van der Waals surface area contributed by atoms with Crippen LogP contribution in [0.15, 0.2) is 34.9 Å². The van der Waals surface area contributed by atoms with Crippen molar-refractivity contribution in [3.63, 3.8) is 0 Å². The van der Waals surface area contributed by atoms with E-state index in [1.165, 1.54) is 10.9 Å². The molecule has 1 heterocycles. The fourth-order valence-electron chi connectivity index (χ4n) is 1.58. The lowest BCUT2D eigenvalue weighted by atomic mass is 10.1. The fraction of sp³-hybridized carbons (Fsp3) is 0.333. The predicted octanol–water partition coefficient (Wildman–Crippen LogP) is 3.01. The first-order valence-electron chi connectivity index (χ1n) is 4.93. The lowest BCUT2D eigenvalue weighted by Gasteiger charge is -2.09. The molecule has 2 aromatic rings. The number of hydrogen-bond donors (Lipinski definition) is 1. The minimum atomic E-state index is 0. The Morgan fingerprint density at radius 1 is 1.33 bits per heavy atom. The van der Waals surface area contributed by atoms with Gasteiger partial charge >= 0.3 is 0 Å². The van der Waals surface area contributed by atoms with Gasteiger partial charge in [0.2, 0.25) is 0 Å². The lowest BCUT2D eigenvalue weighted by Crippen LogP contribution is -2.23. The standard InChI is InChI=1S/C12H15NO.ClH/c1-9(13-2)7-10-3-4-11-5-6-14-12(11)8-10;/h3-6,8-9,13H,7H2,1-2H3;1H/t9-;/m1./s1. The number of likely N-dealkylation sites (N-methyl/N-ethyl adjacent to an activating group) is 1. The van der Waals surface area contributed by atoms with Crippen LogP contribution in [0.1, 0.15) is 12.5 Å². The summed E-state index contributed by atoms with van der Waals surface area (Å²) in [6.45, 7) is 2.17. The van der Waals surface area contributed by atoms with Gasteiger partial charge in [0.05, 0.1) is 6.26 Å². The maximum Gasteiger partial charge on any atom is 0.134 e. The molecule has 0 aliphatic heterocycles. The Kier molecular flexibility index (Phi) is 4.18. The first-order valence-corrected chi connectivity index (χ1v) is 4.93. The largest absolute Gasteiger partial charge is 0.464 e. The van der Waals surface area contributed by atoms with E-state index in [0.29, 0.717) is 6.04 Å². The van der Waals surface area contributed by atoms with E-state index in [1.807, 2.05) is 13.1 Å². The van der Waals surface area contributed by atoms with Crippen LogP contribution in [0.25, 0.3) is 11.0 Å². The Hall–Kier alpha value is -0.990. The molecular formula is C12H16ClNO. The summed E-state index contributed by atoms with van der Waals surface area (Å²) in [4.78, 5) is 0. The van der Waals surface area contributed by atoms with Gasteiger partial charge in [-0.1, -0.05) is 12.1 Å². The second-order valence-electron chi connectivity index (χ2n) is 3.69.